The molecule has 0 saturated carbocycles. The predicted molar refractivity (Wildman–Crippen MR) is 369 cm³/mol. The van der Waals surface area contributed by atoms with Gasteiger partial charge in [0, 0.05) is 10.8 Å². The molecule has 0 amide bonds. The maximum Gasteiger partial charge on any atom is 2.00 e. The molecular formula is C76H126CaO6S2. The summed E-state index contributed by atoms with van der Waals surface area (Å²) in [6, 6.07) is 19.1. The molecule has 0 aliphatic heterocycles. The number of aryl methyl sites for hydroxylation is 4. The minimum atomic E-state index is -4.52. The molecule has 4 aromatic rings. The normalized spacial score (nSPS) is 11.8. The van der Waals surface area contributed by atoms with Gasteiger partial charge in [0.25, 0.3) is 0 Å². The third kappa shape index (κ3) is 36.8. The van der Waals surface area contributed by atoms with Crippen LogP contribution < -0.4 is 0 Å². The van der Waals surface area contributed by atoms with Gasteiger partial charge in [0.2, 0.25) is 0 Å². The molecule has 0 bridgehead atoms. The molecule has 0 fully saturated rings. The van der Waals surface area contributed by atoms with E-state index in [-0.39, 0.29) is 47.5 Å². The summed E-state index contributed by atoms with van der Waals surface area (Å²) < 4.78 is 73.2. The van der Waals surface area contributed by atoms with Gasteiger partial charge in [-0.25, -0.2) is 16.8 Å². The zero-order valence-corrected chi connectivity index (χ0v) is 59.4. The van der Waals surface area contributed by atoms with Crippen LogP contribution in [0, 0.1) is 0 Å². The van der Waals surface area contributed by atoms with E-state index in [0.29, 0.717) is 10.8 Å². The summed E-state index contributed by atoms with van der Waals surface area (Å²) in [6.45, 7) is 9.08. The molecule has 9 heteroatoms. The summed E-state index contributed by atoms with van der Waals surface area (Å²) in [6.07, 6.45) is 66.5. The van der Waals surface area contributed by atoms with Crippen LogP contribution in [0.1, 0.15) is 358 Å². The first-order chi connectivity index (χ1) is 41.0. The summed E-state index contributed by atoms with van der Waals surface area (Å²) in [5, 5.41) is 3.30. The second kappa shape index (κ2) is 52.1. The fourth-order valence-corrected chi connectivity index (χ4v) is 14.4. The van der Waals surface area contributed by atoms with Crippen molar-refractivity contribution in [1.29, 1.82) is 0 Å². The molecule has 6 nitrogen and oxygen atoms in total. The fourth-order valence-electron chi connectivity index (χ4n) is 12.9. The fraction of sp³-hybridized carbons (Fsp3) is 0.737. The van der Waals surface area contributed by atoms with E-state index in [9.17, 15) is 25.9 Å². The first-order valence-corrected chi connectivity index (χ1v) is 38.8. The number of hydrogen-bond acceptors (Lipinski definition) is 6. The molecule has 0 aliphatic carbocycles. The Morgan fingerprint density at radius 1 is 0.247 bits per heavy atom. The Labute approximate surface area is 555 Å². The van der Waals surface area contributed by atoms with Crippen molar-refractivity contribution in [2.45, 2.75) is 371 Å². The van der Waals surface area contributed by atoms with Crippen LogP contribution in [0.2, 0.25) is 0 Å². The van der Waals surface area contributed by atoms with E-state index in [2.05, 4.69) is 27.7 Å². The van der Waals surface area contributed by atoms with Crippen molar-refractivity contribution in [3.05, 3.63) is 82.9 Å². The van der Waals surface area contributed by atoms with Gasteiger partial charge in [-0.3, -0.25) is 0 Å². The second-order valence-corrected chi connectivity index (χ2v) is 28.3. The zero-order chi connectivity index (χ0) is 60.6. The summed E-state index contributed by atoms with van der Waals surface area (Å²) in [4.78, 5) is -0.0732. The molecule has 4 rings (SSSR count). The largest absolute Gasteiger partial charge is 2.00 e. The monoisotopic (exact) mass is 1240 g/mol. The average molecular weight is 1240 g/mol. The van der Waals surface area contributed by atoms with E-state index in [1.807, 2.05) is 48.5 Å². The van der Waals surface area contributed by atoms with E-state index in [1.54, 1.807) is 12.1 Å². The Bertz CT molecular complexity index is 2300. The molecular weight excluding hydrogens is 1110 g/mol. The van der Waals surface area contributed by atoms with Gasteiger partial charge in [0.15, 0.2) is 0 Å². The van der Waals surface area contributed by atoms with E-state index in [0.717, 1.165) is 86.1 Å². The van der Waals surface area contributed by atoms with E-state index < -0.39 is 20.2 Å². The molecule has 0 radical (unpaired) electrons. The van der Waals surface area contributed by atoms with Gasteiger partial charge in [0.1, 0.15) is 20.2 Å². The van der Waals surface area contributed by atoms with Gasteiger partial charge in [-0.05, 0) is 96.5 Å². The van der Waals surface area contributed by atoms with E-state index in [4.69, 9.17) is 0 Å². The maximum atomic E-state index is 12.2. The Balaban J connectivity index is 0.000000573. The minimum absolute atomic E-state index is 0. The summed E-state index contributed by atoms with van der Waals surface area (Å²) >= 11 is 0. The molecule has 0 unspecified atom stereocenters. The third-order valence-corrected chi connectivity index (χ3v) is 19.9. The van der Waals surface area contributed by atoms with Crippen molar-refractivity contribution in [3.8, 4) is 0 Å². The standard InChI is InChI=1S/2C38H64O3S.Ca/c2*1-3-5-7-9-11-13-15-17-19-21-23-25-28-34-32-33-37(42(39,40)41)38-35(30-27-31-36(34)38)29-26-24-22-20-18-16-14-12-10-8-6-4-2;/h2*27,30-33H,3-26,28-29H2,1-2H3,(H,39,40,41);/q;;+2/p-2. The first kappa shape index (κ1) is 79.6. The summed E-state index contributed by atoms with van der Waals surface area (Å²) in [5.74, 6) is 0. The van der Waals surface area contributed by atoms with Crippen LogP contribution in [0.3, 0.4) is 0 Å². The van der Waals surface area contributed by atoms with Crippen molar-refractivity contribution in [2.24, 2.45) is 0 Å². The van der Waals surface area contributed by atoms with Crippen LogP contribution in [-0.2, 0) is 45.9 Å². The SMILES string of the molecule is CCCCCCCCCCCCCCc1ccc(S(=O)(=O)[O-])c2c(CCCCCCCCCCCCCC)cccc12.CCCCCCCCCCCCCCc1ccc(S(=O)(=O)[O-])c2c(CCCCCCCCCCCCCC)cccc12.[Ca+2]. The molecule has 0 aromatic heterocycles. The van der Waals surface area contributed by atoms with Crippen molar-refractivity contribution >= 4 is 79.5 Å². The van der Waals surface area contributed by atoms with Gasteiger partial charge < -0.3 is 9.11 Å². The minimum Gasteiger partial charge on any atom is -0.744 e. The number of rotatable bonds is 54. The summed E-state index contributed by atoms with van der Waals surface area (Å²) in [7, 11) is -9.04. The van der Waals surface area contributed by atoms with Crippen LogP contribution >= 0.6 is 0 Å². The smallest absolute Gasteiger partial charge is 0.744 e. The van der Waals surface area contributed by atoms with E-state index in [1.165, 1.54) is 281 Å². The molecule has 0 N–H and O–H groups in total. The third-order valence-electron chi connectivity index (χ3n) is 18.1. The Kier molecular flexibility index (Phi) is 48.8. The van der Waals surface area contributed by atoms with E-state index >= 15 is 0 Å². The Morgan fingerprint density at radius 3 is 0.635 bits per heavy atom. The van der Waals surface area contributed by atoms with Crippen LogP contribution in [0.5, 0.6) is 0 Å². The number of fused-ring (bicyclic) bond motifs is 2. The maximum absolute atomic E-state index is 12.2. The number of hydrogen-bond donors (Lipinski definition) is 0. The van der Waals surface area contributed by atoms with Crippen molar-refractivity contribution in [2.75, 3.05) is 0 Å². The number of unbranched alkanes of at least 4 members (excludes halogenated alkanes) is 44. The van der Waals surface area contributed by atoms with Crippen LogP contribution in [0.15, 0.2) is 70.5 Å². The predicted octanol–water partition coefficient (Wildman–Crippen LogP) is 24.1. The van der Waals surface area contributed by atoms with Gasteiger partial charge in [0.05, 0.1) is 9.79 Å². The van der Waals surface area contributed by atoms with Gasteiger partial charge >= 0.3 is 37.7 Å². The molecule has 4 aromatic carbocycles. The molecule has 0 atom stereocenters. The van der Waals surface area contributed by atoms with Crippen molar-refractivity contribution in [3.63, 3.8) is 0 Å². The molecule has 85 heavy (non-hydrogen) atoms. The first-order valence-electron chi connectivity index (χ1n) is 36.0. The zero-order valence-electron chi connectivity index (χ0n) is 55.5. The van der Waals surface area contributed by atoms with Crippen LogP contribution in [0.4, 0.5) is 0 Å². The Morgan fingerprint density at radius 2 is 0.435 bits per heavy atom. The summed E-state index contributed by atoms with van der Waals surface area (Å²) in [5.41, 5.74) is 4.40. The molecule has 480 valence electrons. The molecule has 0 saturated heterocycles. The molecule has 0 heterocycles. The average Bonchev–Trinajstić information content (AvgIpc) is 1.35. The van der Waals surface area contributed by atoms with Gasteiger partial charge in [-0.1, -0.05) is 359 Å². The topological polar surface area (TPSA) is 114 Å². The quantitative estimate of drug-likeness (QED) is 0.0247. The van der Waals surface area contributed by atoms with Crippen LogP contribution in [0.25, 0.3) is 21.5 Å². The second-order valence-electron chi connectivity index (χ2n) is 25.6. The van der Waals surface area contributed by atoms with Crippen LogP contribution in [-0.4, -0.2) is 63.7 Å². The molecule has 0 aliphatic rings. The van der Waals surface area contributed by atoms with Crippen molar-refractivity contribution in [1.82, 2.24) is 0 Å². The van der Waals surface area contributed by atoms with Gasteiger partial charge in [-0.2, -0.15) is 0 Å². The Hall–Kier alpha value is -1.52. The van der Waals surface area contributed by atoms with Gasteiger partial charge in [-0.15, -0.1) is 0 Å². The molecule has 0 spiro atoms. The van der Waals surface area contributed by atoms with Crippen molar-refractivity contribution < 1.29 is 25.9 Å². The number of benzene rings is 4.